The van der Waals surface area contributed by atoms with Gasteiger partial charge in [-0.15, -0.1) is 0 Å². The summed E-state index contributed by atoms with van der Waals surface area (Å²) in [5.41, 5.74) is 10.9. The Morgan fingerprint density at radius 3 is 2.03 bits per heavy atom. The average molecular weight is 543 g/mol. The van der Waals surface area contributed by atoms with E-state index in [9.17, 15) is 39.0 Å². The van der Waals surface area contributed by atoms with Crippen LogP contribution in [0.15, 0.2) is 0 Å². The topological polar surface area (TPSA) is 234 Å². The molecule has 1 aliphatic rings. The van der Waals surface area contributed by atoms with Gasteiger partial charge in [-0.3, -0.25) is 24.0 Å². The molecule has 0 aliphatic carbocycles. The van der Waals surface area contributed by atoms with Gasteiger partial charge in [0.2, 0.25) is 29.5 Å². The fraction of sp³-hybridized carbons (Fsp3) is 0.750. The number of hydrogen-bond donors (Lipinski definition) is 7. The summed E-state index contributed by atoms with van der Waals surface area (Å²) in [4.78, 5) is 75.7. The SMILES string of the molecule is CC(C)C[C@H](NC(=O)[C@@H]1CCCN1C(=O)[C@@H](NC(=O)[C@@H](N)C(C)C)[C@@H](C)O)C(=O)N[C@@H](CC(N)=O)C(=O)O. The number of aliphatic hydroxyl groups excluding tert-OH is 1. The molecule has 5 amide bonds. The van der Waals surface area contributed by atoms with Crippen LogP contribution < -0.4 is 27.4 Å². The Hall–Kier alpha value is -3.26. The van der Waals surface area contributed by atoms with E-state index in [2.05, 4.69) is 16.0 Å². The summed E-state index contributed by atoms with van der Waals surface area (Å²) in [5.74, 6) is -5.40. The number of hydrogen-bond acceptors (Lipinski definition) is 8. The summed E-state index contributed by atoms with van der Waals surface area (Å²) in [7, 11) is 0. The predicted molar refractivity (Wildman–Crippen MR) is 136 cm³/mol. The lowest BCUT2D eigenvalue weighted by Crippen LogP contribution is -2.60. The number of nitrogens with one attached hydrogen (secondary N) is 3. The minimum Gasteiger partial charge on any atom is -0.480 e. The number of carboxylic acid groups (broad SMARTS) is 1. The van der Waals surface area contributed by atoms with Crippen molar-refractivity contribution in [2.24, 2.45) is 23.3 Å². The lowest BCUT2D eigenvalue weighted by atomic mass is 10.0. The standard InChI is InChI=1S/C24H42N6O8/c1-11(2)9-14(20(33)28-15(24(37)38)10-17(25)32)27-21(34)16-7-6-8-30(16)23(36)19(13(5)31)29-22(35)18(26)12(3)4/h11-16,18-19,31H,6-10,26H2,1-5H3,(H2,25,32)(H,27,34)(H,28,33)(H,29,35)(H,37,38)/t13-,14+,15+,16+,18+,19+/m1/s1. The van der Waals surface area contributed by atoms with Crippen LogP contribution in [0.25, 0.3) is 0 Å². The van der Waals surface area contributed by atoms with Crippen molar-refractivity contribution < 1.29 is 39.0 Å². The van der Waals surface area contributed by atoms with E-state index in [-0.39, 0.29) is 31.2 Å². The Kier molecular flexibility index (Phi) is 12.6. The molecule has 0 spiro atoms. The number of carboxylic acids is 1. The monoisotopic (exact) mass is 542 g/mol. The molecule has 0 radical (unpaired) electrons. The Bertz CT molecular complexity index is 893. The number of nitrogens with zero attached hydrogens (tertiary/aromatic N) is 1. The molecule has 0 unspecified atom stereocenters. The molecule has 0 aromatic heterocycles. The van der Waals surface area contributed by atoms with Crippen molar-refractivity contribution in [2.75, 3.05) is 6.54 Å². The Morgan fingerprint density at radius 2 is 1.55 bits per heavy atom. The second kappa shape index (κ2) is 14.6. The summed E-state index contributed by atoms with van der Waals surface area (Å²) in [6.45, 7) is 8.60. The van der Waals surface area contributed by atoms with Crippen LogP contribution in [0.1, 0.15) is 60.3 Å². The van der Waals surface area contributed by atoms with Crippen LogP contribution in [-0.2, 0) is 28.8 Å². The van der Waals surface area contributed by atoms with E-state index >= 15 is 0 Å². The fourth-order valence-electron chi connectivity index (χ4n) is 4.07. The fourth-order valence-corrected chi connectivity index (χ4v) is 4.07. The van der Waals surface area contributed by atoms with Gasteiger partial charge in [0, 0.05) is 6.54 Å². The van der Waals surface area contributed by atoms with Crippen molar-refractivity contribution in [2.45, 2.75) is 96.6 Å². The highest BCUT2D eigenvalue weighted by Gasteiger charge is 2.41. The molecule has 1 aliphatic heterocycles. The van der Waals surface area contributed by atoms with Crippen molar-refractivity contribution >= 4 is 35.5 Å². The second-order valence-electron chi connectivity index (χ2n) is 10.4. The van der Waals surface area contributed by atoms with Crippen LogP contribution >= 0.6 is 0 Å². The number of primary amides is 1. The summed E-state index contributed by atoms with van der Waals surface area (Å²) >= 11 is 0. The van der Waals surface area contributed by atoms with Crippen molar-refractivity contribution in [3.8, 4) is 0 Å². The molecule has 1 rings (SSSR count). The number of amides is 5. The third-order valence-electron chi connectivity index (χ3n) is 6.27. The minimum atomic E-state index is -1.57. The minimum absolute atomic E-state index is 0.0771. The number of carbonyl (C=O) groups excluding carboxylic acids is 5. The molecule has 38 heavy (non-hydrogen) atoms. The van der Waals surface area contributed by atoms with Crippen molar-refractivity contribution in [3.05, 3.63) is 0 Å². The molecule has 1 heterocycles. The lowest BCUT2D eigenvalue weighted by Gasteiger charge is -2.31. The zero-order valence-corrected chi connectivity index (χ0v) is 22.6. The lowest BCUT2D eigenvalue weighted by molar-refractivity contribution is -0.145. The van der Waals surface area contributed by atoms with Gasteiger partial charge in [-0.2, -0.15) is 0 Å². The van der Waals surface area contributed by atoms with Gasteiger partial charge < -0.3 is 42.5 Å². The van der Waals surface area contributed by atoms with E-state index < -0.39 is 78.2 Å². The van der Waals surface area contributed by atoms with E-state index in [0.717, 1.165) is 0 Å². The zero-order chi connectivity index (χ0) is 29.3. The first-order valence-corrected chi connectivity index (χ1v) is 12.7. The van der Waals surface area contributed by atoms with Crippen LogP contribution in [0, 0.1) is 11.8 Å². The smallest absolute Gasteiger partial charge is 0.326 e. The molecule has 1 saturated heterocycles. The van der Waals surface area contributed by atoms with Crippen LogP contribution in [0.2, 0.25) is 0 Å². The average Bonchev–Trinajstić information content (AvgIpc) is 3.29. The number of nitrogens with two attached hydrogens (primary N) is 2. The van der Waals surface area contributed by atoms with Gasteiger partial charge in [0.1, 0.15) is 24.2 Å². The largest absolute Gasteiger partial charge is 0.480 e. The van der Waals surface area contributed by atoms with Crippen LogP contribution in [0.4, 0.5) is 0 Å². The number of rotatable bonds is 14. The van der Waals surface area contributed by atoms with Crippen LogP contribution in [-0.4, -0.2) is 93.5 Å². The second-order valence-corrected chi connectivity index (χ2v) is 10.4. The molecule has 6 atom stereocenters. The highest BCUT2D eigenvalue weighted by molar-refractivity contribution is 5.96. The molecule has 216 valence electrons. The number of aliphatic hydroxyl groups is 1. The van der Waals surface area contributed by atoms with E-state index in [1.807, 2.05) is 0 Å². The van der Waals surface area contributed by atoms with E-state index in [4.69, 9.17) is 11.5 Å². The van der Waals surface area contributed by atoms with Gasteiger partial charge in [-0.05, 0) is 38.0 Å². The number of likely N-dealkylation sites (tertiary alicyclic amines) is 1. The summed E-state index contributed by atoms with van der Waals surface area (Å²) in [6.07, 6.45) is -0.995. The normalized spacial score (nSPS) is 19.3. The number of carbonyl (C=O) groups is 6. The van der Waals surface area contributed by atoms with Crippen molar-refractivity contribution in [1.82, 2.24) is 20.9 Å². The first-order valence-electron chi connectivity index (χ1n) is 12.7. The summed E-state index contributed by atoms with van der Waals surface area (Å²) in [5, 5.41) is 26.8. The maximum absolute atomic E-state index is 13.3. The Morgan fingerprint density at radius 1 is 0.947 bits per heavy atom. The summed E-state index contributed by atoms with van der Waals surface area (Å²) in [6, 6.07) is -5.93. The third-order valence-corrected chi connectivity index (χ3v) is 6.27. The molecule has 14 nitrogen and oxygen atoms in total. The molecule has 0 saturated carbocycles. The predicted octanol–water partition coefficient (Wildman–Crippen LogP) is -2.20. The number of aliphatic carboxylic acids is 1. The molecule has 14 heteroatoms. The van der Waals surface area contributed by atoms with Gasteiger partial charge >= 0.3 is 5.97 Å². The quantitative estimate of drug-likeness (QED) is 0.126. The van der Waals surface area contributed by atoms with Crippen LogP contribution in [0.5, 0.6) is 0 Å². The van der Waals surface area contributed by atoms with Crippen molar-refractivity contribution in [1.29, 1.82) is 0 Å². The van der Waals surface area contributed by atoms with Gasteiger partial charge in [0.15, 0.2) is 0 Å². The van der Waals surface area contributed by atoms with Crippen LogP contribution in [0.3, 0.4) is 0 Å². The third kappa shape index (κ3) is 9.56. The van der Waals surface area contributed by atoms with Gasteiger partial charge in [-0.25, -0.2) is 4.79 Å². The molecule has 1 fully saturated rings. The zero-order valence-electron chi connectivity index (χ0n) is 22.6. The summed E-state index contributed by atoms with van der Waals surface area (Å²) < 4.78 is 0. The maximum Gasteiger partial charge on any atom is 0.326 e. The molecule has 0 aromatic carbocycles. The Balaban J connectivity index is 3.06. The highest BCUT2D eigenvalue weighted by atomic mass is 16.4. The van der Waals surface area contributed by atoms with Gasteiger partial charge in [0.25, 0.3) is 0 Å². The molecular formula is C24H42N6O8. The van der Waals surface area contributed by atoms with E-state index in [1.54, 1.807) is 27.7 Å². The molecular weight excluding hydrogens is 500 g/mol. The first kappa shape index (κ1) is 32.8. The van der Waals surface area contributed by atoms with E-state index in [1.165, 1.54) is 11.8 Å². The maximum atomic E-state index is 13.3. The van der Waals surface area contributed by atoms with E-state index in [0.29, 0.717) is 6.42 Å². The molecule has 0 aromatic rings. The molecule has 0 bridgehead atoms. The van der Waals surface area contributed by atoms with Crippen molar-refractivity contribution in [3.63, 3.8) is 0 Å². The first-order chi connectivity index (χ1) is 17.6. The van der Waals surface area contributed by atoms with Gasteiger partial charge in [-0.1, -0.05) is 27.7 Å². The highest BCUT2D eigenvalue weighted by Crippen LogP contribution is 2.20. The van der Waals surface area contributed by atoms with Gasteiger partial charge in [0.05, 0.1) is 18.6 Å². The molecule has 9 N–H and O–H groups in total. The Labute approximate surface area is 222 Å².